The van der Waals surface area contributed by atoms with Gasteiger partial charge in [-0.25, -0.2) is 0 Å². The minimum absolute atomic E-state index is 0.707. The fourth-order valence-corrected chi connectivity index (χ4v) is 2.22. The summed E-state index contributed by atoms with van der Waals surface area (Å²) in [5.41, 5.74) is 4.59. The van der Waals surface area contributed by atoms with E-state index < -0.39 is 0 Å². The minimum atomic E-state index is 0.707. The first-order valence-electron chi connectivity index (χ1n) is 3.58. The first-order chi connectivity index (χ1) is 4.55. The summed E-state index contributed by atoms with van der Waals surface area (Å²) < 4.78 is 1.58. The maximum atomic E-state index is 2.29. The van der Waals surface area contributed by atoms with Crippen molar-refractivity contribution in [2.24, 2.45) is 5.92 Å². The third-order valence-electron chi connectivity index (χ3n) is 2.52. The Morgan fingerprint density at radius 3 is 1.70 bits per heavy atom. The average molecular weight is 278 g/mol. The topological polar surface area (TPSA) is 0 Å². The van der Waals surface area contributed by atoms with Gasteiger partial charge in [0.2, 0.25) is 0 Å². The van der Waals surface area contributed by atoms with Gasteiger partial charge in [-0.1, -0.05) is 0 Å². The second-order valence-electron chi connectivity index (χ2n) is 2.99. The second-order valence-corrected chi connectivity index (χ2v) is 4.21. The Balaban J connectivity index is 3.09. The zero-order chi connectivity index (χ0) is 7.89. The molecule has 1 heteroatoms. The SMILES string of the molecule is CC1=C(C)C(C)[C]([Gd])=C1C. The predicted molar refractivity (Wildman–Crippen MR) is 40.2 cm³/mol. The fourth-order valence-electron chi connectivity index (χ4n) is 1.30. The van der Waals surface area contributed by atoms with Gasteiger partial charge in [-0.2, -0.15) is 0 Å². The van der Waals surface area contributed by atoms with Gasteiger partial charge in [0.15, 0.2) is 0 Å². The molecule has 1 rings (SSSR count). The van der Waals surface area contributed by atoms with Crippen molar-refractivity contribution < 1.29 is 37.9 Å². The molecule has 0 nitrogen and oxygen atoms in total. The van der Waals surface area contributed by atoms with Gasteiger partial charge in [-0.3, -0.25) is 0 Å². The summed E-state index contributed by atoms with van der Waals surface area (Å²) in [7, 11) is 0. The van der Waals surface area contributed by atoms with Crippen LogP contribution in [-0.2, 0) is 0 Å². The summed E-state index contributed by atoms with van der Waals surface area (Å²) in [5.74, 6) is 0.707. The van der Waals surface area contributed by atoms with Gasteiger partial charge < -0.3 is 0 Å². The van der Waals surface area contributed by atoms with Crippen LogP contribution in [0.1, 0.15) is 27.7 Å². The summed E-state index contributed by atoms with van der Waals surface area (Å²) in [4.78, 5) is 0. The first-order valence-corrected chi connectivity index (χ1v) is 4.72. The molecule has 0 heterocycles. The van der Waals surface area contributed by atoms with Gasteiger partial charge in [-0.05, 0) is 0 Å². The third-order valence-corrected chi connectivity index (χ3v) is 4.36. The van der Waals surface area contributed by atoms with Crippen molar-refractivity contribution in [2.75, 3.05) is 0 Å². The molecule has 1 aliphatic carbocycles. The molecule has 10 heavy (non-hydrogen) atoms. The molecule has 1 atom stereocenters. The summed E-state index contributed by atoms with van der Waals surface area (Å²) in [6, 6.07) is 0. The maximum absolute atomic E-state index is 2.29. The molecule has 1 unspecified atom stereocenters. The molecule has 0 saturated carbocycles. The van der Waals surface area contributed by atoms with E-state index in [9.17, 15) is 0 Å². The molecular formula is C9H13Gd. The van der Waals surface area contributed by atoms with E-state index in [1.807, 2.05) is 37.9 Å². The molecule has 0 aromatic heterocycles. The van der Waals surface area contributed by atoms with Crippen LogP contribution < -0.4 is 0 Å². The standard InChI is InChI=1S/C9H13.Gd/c1-6-5-7(2)9(4)8(6)3;/h6H,1-4H3;. The van der Waals surface area contributed by atoms with Crippen LogP contribution in [0.5, 0.6) is 0 Å². The van der Waals surface area contributed by atoms with Crippen molar-refractivity contribution in [3.63, 3.8) is 0 Å². The van der Waals surface area contributed by atoms with Gasteiger partial charge >= 0.3 is 89.6 Å². The molecule has 57 valence electrons. The van der Waals surface area contributed by atoms with Crippen LogP contribution in [-0.4, -0.2) is 0 Å². The number of hydrogen-bond donors (Lipinski definition) is 0. The van der Waals surface area contributed by atoms with Crippen molar-refractivity contribution >= 4 is 0 Å². The summed E-state index contributed by atoms with van der Waals surface area (Å²) in [5, 5.41) is 0. The van der Waals surface area contributed by atoms with Gasteiger partial charge in [0.05, 0.1) is 0 Å². The molecule has 0 saturated heterocycles. The zero-order valence-electron chi connectivity index (χ0n) is 6.93. The Morgan fingerprint density at radius 1 is 1.10 bits per heavy atom. The van der Waals surface area contributed by atoms with Gasteiger partial charge in [0, 0.05) is 0 Å². The zero-order valence-corrected chi connectivity index (χ0v) is 9.20. The summed E-state index contributed by atoms with van der Waals surface area (Å²) in [6.07, 6.45) is 0. The Kier molecular flexibility index (Phi) is 2.71. The Hall–Kier alpha value is 0.805. The van der Waals surface area contributed by atoms with Crippen LogP contribution in [0.25, 0.3) is 0 Å². The quantitative estimate of drug-likeness (QED) is 0.639. The average Bonchev–Trinajstić information content (AvgIpc) is 2.07. The molecule has 0 fully saturated rings. The van der Waals surface area contributed by atoms with Crippen molar-refractivity contribution in [2.45, 2.75) is 27.7 Å². The molecule has 0 spiro atoms. The molecule has 0 aromatic rings. The Morgan fingerprint density at radius 2 is 1.60 bits per heavy atom. The van der Waals surface area contributed by atoms with Gasteiger partial charge in [-0.15, -0.1) is 0 Å². The second kappa shape index (κ2) is 3.04. The number of rotatable bonds is 0. The van der Waals surface area contributed by atoms with Crippen molar-refractivity contribution in [3.05, 3.63) is 18.1 Å². The number of allylic oxidation sites excluding steroid dienone is 4. The van der Waals surface area contributed by atoms with Crippen LogP contribution in [0.4, 0.5) is 0 Å². The van der Waals surface area contributed by atoms with E-state index in [0.717, 1.165) is 0 Å². The molecular weight excluding hydrogens is 265 g/mol. The first kappa shape index (κ1) is 8.90. The van der Waals surface area contributed by atoms with E-state index in [-0.39, 0.29) is 0 Å². The molecule has 0 radical (unpaired) electrons. The van der Waals surface area contributed by atoms with Crippen LogP contribution in [0.15, 0.2) is 18.1 Å². The van der Waals surface area contributed by atoms with E-state index in [0.29, 0.717) is 5.92 Å². The van der Waals surface area contributed by atoms with Crippen molar-refractivity contribution in [1.82, 2.24) is 0 Å². The van der Waals surface area contributed by atoms with E-state index in [1.165, 1.54) is 11.1 Å². The molecule has 0 N–H and O–H groups in total. The fraction of sp³-hybridized carbons (Fsp3) is 0.556. The van der Waals surface area contributed by atoms with Crippen molar-refractivity contribution in [3.8, 4) is 0 Å². The van der Waals surface area contributed by atoms with E-state index >= 15 is 0 Å². The van der Waals surface area contributed by atoms with Gasteiger partial charge in [0.25, 0.3) is 0 Å². The van der Waals surface area contributed by atoms with Crippen LogP contribution in [0.2, 0.25) is 0 Å². The van der Waals surface area contributed by atoms with Gasteiger partial charge in [0.1, 0.15) is 0 Å². The van der Waals surface area contributed by atoms with Crippen molar-refractivity contribution in [1.29, 1.82) is 0 Å². The predicted octanol–water partition coefficient (Wildman–Crippen LogP) is 2.80. The van der Waals surface area contributed by atoms with Crippen LogP contribution in [0.3, 0.4) is 0 Å². The van der Waals surface area contributed by atoms with Crippen LogP contribution >= 0.6 is 0 Å². The normalized spacial score (nSPS) is 26.7. The van der Waals surface area contributed by atoms with Crippen LogP contribution in [0, 0.1) is 43.8 Å². The molecule has 0 aromatic carbocycles. The summed E-state index contributed by atoms with van der Waals surface area (Å²) >= 11 is 2.04. The Bertz CT molecular complexity index is 197. The third kappa shape index (κ3) is 1.24. The number of hydrogen-bond acceptors (Lipinski definition) is 0. The van der Waals surface area contributed by atoms with E-state index in [4.69, 9.17) is 0 Å². The molecule has 0 aliphatic heterocycles. The van der Waals surface area contributed by atoms with E-state index in [2.05, 4.69) is 27.7 Å². The Labute approximate surface area is 88.7 Å². The summed E-state index contributed by atoms with van der Waals surface area (Å²) in [6.45, 7) is 8.98. The molecule has 0 amide bonds. The van der Waals surface area contributed by atoms with E-state index in [1.54, 1.807) is 6.93 Å². The monoisotopic (exact) mass is 279 g/mol. The molecule has 1 aliphatic rings. The molecule has 0 bridgehead atoms.